The summed E-state index contributed by atoms with van der Waals surface area (Å²) in [7, 11) is 7.94. The van der Waals surface area contributed by atoms with Gasteiger partial charge in [0.1, 0.15) is 11.8 Å². The lowest BCUT2D eigenvalue weighted by Crippen LogP contribution is -2.29. The van der Waals surface area contributed by atoms with Crippen LogP contribution in [0.3, 0.4) is 0 Å². The molecule has 41 heavy (non-hydrogen) atoms. The maximum Gasteiger partial charge on any atom is 0.247 e. The summed E-state index contributed by atoms with van der Waals surface area (Å²) in [6, 6.07) is 11.7. The summed E-state index contributed by atoms with van der Waals surface area (Å²) in [5.41, 5.74) is 6.05. The van der Waals surface area contributed by atoms with E-state index >= 15 is 0 Å². The molecule has 0 fully saturated rings. The first-order chi connectivity index (χ1) is 19.6. The van der Waals surface area contributed by atoms with Gasteiger partial charge in [0.2, 0.25) is 11.9 Å². The summed E-state index contributed by atoms with van der Waals surface area (Å²) in [4.78, 5) is 25.7. The van der Waals surface area contributed by atoms with Crippen LogP contribution in [0.25, 0.3) is 22.2 Å². The molecule has 4 rings (SSSR count). The fraction of sp³-hybridized carbons (Fsp3) is 0.290. The maximum atomic E-state index is 12.3. The molecule has 0 aliphatic heterocycles. The number of hydrogen-bond acceptors (Lipinski definition) is 8. The van der Waals surface area contributed by atoms with E-state index in [4.69, 9.17) is 9.72 Å². The van der Waals surface area contributed by atoms with E-state index in [0.717, 1.165) is 40.8 Å². The van der Waals surface area contributed by atoms with Crippen molar-refractivity contribution in [2.75, 3.05) is 56.4 Å². The summed E-state index contributed by atoms with van der Waals surface area (Å²) in [6.45, 7) is 9.55. The third kappa shape index (κ3) is 6.48. The molecule has 4 aromatic rings. The normalized spacial score (nSPS) is 10.9. The predicted molar refractivity (Wildman–Crippen MR) is 165 cm³/mol. The molecule has 0 radical (unpaired) electrons. The summed E-state index contributed by atoms with van der Waals surface area (Å²) in [5.74, 6) is 0.625. The second kappa shape index (κ2) is 12.5. The van der Waals surface area contributed by atoms with Crippen LogP contribution in [0.1, 0.15) is 18.1 Å². The van der Waals surface area contributed by atoms with Crippen molar-refractivity contribution in [2.45, 2.75) is 13.8 Å². The topological polar surface area (TPSA) is 111 Å². The Kier molecular flexibility index (Phi) is 8.90. The minimum absolute atomic E-state index is 0.319. The molecule has 1 amide bonds. The van der Waals surface area contributed by atoms with Crippen molar-refractivity contribution in [3.8, 4) is 23.1 Å². The highest BCUT2D eigenvalue weighted by molar-refractivity contribution is 6.02. The van der Waals surface area contributed by atoms with Crippen molar-refractivity contribution in [1.29, 1.82) is 5.26 Å². The van der Waals surface area contributed by atoms with E-state index in [1.54, 1.807) is 6.20 Å². The van der Waals surface area contributed by atoms with Crippen LogP contribution in [0.4, 0.5) is 23.0 Å². The number of aryl methyl sites for hydroxylation is 2. The molecule has 0 aliphatic rings. The Balaban J connectivity index is 1.75. The van der Waals surface area contributed by atoms with E-state index < -0.39 is 0 Å². The number of likely N-dealkylation sites (N-methyl/N-ethyl adjacent to an activating group) is 2. The van der Waals surface area contributed by atoms with Gasteiger partial charge >= 0.3 is 0 Å². The van der Waals surface area contributed by atoms with E-state index in [1.165, 1.54) is 6.08 Å². The molecular formula is C31H36N8O2. The highest BCUT2D eigenvalue weighted by Gasteiger charge is 2.18. The van der Waals surface area contributed by atoms with Gasteiger partial charge in [0.25, 0.3) is 0 Å². The van der Waals surface area contributed by atoms with E-state index in [1.807, 2.05) is 83.1 Å². The molecule has 2 aromatic heterocycles. The standard InChI is InChI=1S/C31H36N8O2/c1-8-29(40)34-25-16-26(28(41-9-2)17-27(25)38(6)13-12-37(4)5)36-31-33-11-10-24(35-31)21-14-22(18-32)30-23(15-21)20(3)19-39(30)7/h8,10-11,14-17,19H,1,9,12-13H2,2-7H3,(H,34,40)(H,33,35,36). The van der Waals surface area contributed by atoms with Gasteiger partial charge in [-0.05, 0) is 63.8 Å². The number of anilines is 4. The lowest BCUT2D eigenvalue weighted by molar-refractivity contribution is -0.111. The van der Waals surface area contributed by atoms with E-state index in [2.05, 4.69) is 38.1 Å². The second-order valence-electron chi connectivity index (χ2n) is 10.1. The zero-order valence-corrected chi connectivity index (χ0v) is 24.4. The lowest BCUT2D eigenvalue weighted by atomic mass is 10.0. The summed E-state index contributed by atoms with van der Waals surface area (Å²) >= 11 is 0. The predicted octanol–water partition coefficient (Wildman–Crippen LogP) is 5.08. The number of fused-ring (bicyclic) bond motifs is 1. The van der Waals surface area contributed by atoms with E-state index in [9.17, 15) is 10.1 Å². The third-order valence-corrected chi connectivity index (χ3v) is 6.73. The summed E-state index contributed by atoms with van der Waals surface area (Å²) in [6.07, 6.45) is 4.92. The van der Waals surface area contributed by atoms with Gasteiger partial charge in [-0.25, -0.2) is 9.97 Å². The number of carbonyl (C=O) groups excluding carboxylic acids is 1. The Hall–Kier alpha value is -4.88. The number of hydrogen-bond donors (Lipinski definition) is 2. The molecule has 0 unspecified atom stereocenters. The van der Waals surface area contributed by atoms with Gasteiger partial charge in [0.05, 0.1) is 40.4 Å². The average Bonchev–Trinajstić information content (AvgIpc) is 3.25. The number of nitriles is 1. The number of nitrogens with zero attached hydrogens (tertiary/aromatic N) is 6. The zero-order chi connectivity index (χ0) is 29.7. The van der Waals surface area contributed by atoms with Crippen molar-refractivity contribution in [1.82, 2.24) is 19.4 Å². The van der Waals surface area contributed by atoms with Gasteiger partial charge < -0.3 is 29.7 Å². The maximum absolute atomic E-state index is 12.3. The third-order valence-electron chi connectivity index (χ3n) is 6.73. The van der Waals surface area contributed by atoms with Crippen molar-refractivity contribution in [2.24, 2.45) is 7.05 Å². The molecule has 2 aromatic carbocycles. The SMILES string of the molecule is C=CC(=O)Nc1cc(Nc2nccc(-c3cc(C#N)c4c(c3)c(C)cn4C)n2)c(OCC)cc1N(C)CCN(C)C. The van der Waals surface area contributed by atoms with Crippen molar-refractivity contribution < 1.29 is 9.53 Å². The number of rotatable bonds is 11. The van der Waals surface area contributed by atoms with Gasteiger partial charge in [-0.2, -0.15) is 5.26 Å². The number of aromatic nitrogens is 3. The van der Waals surface area contributed by atoms with E-state index in [-0.39, 0.29) is 5.91 Å². The molecule has 0 bridgehead atoms. The molecule has 10 nitrogen and oxygen atoms in total. The first-order valence-corrected chi connectivity index (χ1v) is 13.4. The number of ether oxygens (including phenoxy) is 1. The molecule has 212 valence electrons. The van der Waals surface area contributed by atoms with Gasteiger partial charge in [-0.1, -0.05) is 6.58 Å². The molecule has 0 spiro atoms. The highest BCUT2D eigenvalue weighted by Crippen LogP contribution is 2.38. The zero-order valence-electron chi connectivity index (χ0n) is 24.4. The molecular weight excluding hydrogens is 516 g/mol. The highest BCUT2D eigenvalue weighted by atomic mass is 16.5. The largest absolute Gasteiger partial charge is 0.492 e. The first-order valence-electron chi connectivity index (χ1n) is 13.4. The van der Waals surface area contributed by atoms with Crippen molar-refractivity contribution in [3.63, 3.8) is 0 Å². The van der Waals surface area contributed by atoms with Crippen LogP contribution < -0.4 is 20.3 Å². The van der Waals surface area contributed by atoms with Crippen molar-refractivity contribution in [3.05, 3.63) is 66.5 Å². The van der Waals surface area contributed by atoms with Crippen LogP contribution in [0.15, 0.2) is 55.4 Å². The molecule has 2 N–H and O–H groups in total. The Morgan fingerprint density at radius 1 is 1.20 bits per heavy atom. The van der Waals surface area contributed by atoms with Crippen LogP contribution >= 0.6 is 0 Å². The Morgan fingerprint density at radius 2 is 1.98 bits per heavy atom. The minimum atomic E-state index is -0.319. The lowest BCUT2D eigenvalue weighted by Gasteiger charge is -2.26. The Labute approximate surface area is 240 Å². The van der Waals surface area contributed by atoms with Crippen LogP contribution in [0.2, 0.25) is 0 Å². The number of amides is 1. The first kappa shape index (κ1) is 29.1. The quantitative estimate of drug-likeness (QED) is 0.248. The molecule has 0 saturated heterocycles. The molecule has 0 atom stereocenters. The number of benzene rings is 2. The van der Waals surface area contributed by atoms with Gasteiger partial charge in [-0.3, -0.25) is 4.79 Å². The van der Waals surface area contributed by atoms with Crippen LogP contribution in [-0.4, -0.2) is 66.2 Å². The smallest absolute Gasteiger partial charge is 0.247 e. The van der Waals surface area contributed by atoms with Crippen LogP contribution in [0, 0.1) is 18.3 Å². The molecule has 10 heteroatoms. The second-order valence-corrected chi connectivity index (χ2v) is 10.1. The van der Waals surface area contributed by atoms with Gasteiger partial charge in [0, 0.05) is 56.6 Å². The monoisotopic (exact) mass is 552 g/mol. The number of nitrogens with one attached hydrogen (secondary N) is 2. The molecule has 0 saturated carbocycles. The van der Waals surface area contributed by atoms with Crippen molar-refractivity contribution >= 4 is 39.8 Å². The Morgan fingerprint density at radius 3 is 2.66 bits per heavy atom. The number of carbonyl (C=O) groups is 1. The van der Waals surface area contributed by atoms with Gasteiger partial charge in [-0.15, -0.1) is 0 Å². The molecule has 0 aliphatic carbocycles. The fourth-order valence-electron chi connectivity index (χ4n) is 4.68. The summed E-state index contributed by atoms with van der Waals surface area (Å²) < 4.78 is 7.97. The molecule has 2 heterocycles. The fourth-order valence-corrected chi connectivity index (χ4v) is 4.68. The van der Waals surface area contributed by atoms with Crippen LogP contribution in [-0.2, 0) is 11.8 Å². The van der Waals surface area contributed by atoms with E-state index in [0.29, 0.717) is 40.9 Å². The summed E-state index contributed by atoms with van der Waals surface area (Å²) in [5, 5.41) is 17.0. The Bertz CT molecular complexity index is 1630. The van der Waals surface area contributed by atoms with Crippen LogP contribution in [0.5, 0.6) is 5.75 Å². The average molecular weight is 553 g/mol. The van der Waals surface area contributed by atoms with Gasteiger partial charge in [0.15, 0.2) is 0 Å². The minimum Gasteiger partial charge on any atom is -0.492 e.